The molecule has 0 bridgehead atoms. The number of furan rings is 1. The molecule has 0 amide bonds. The molecule has 0 unspecified atom stereocenters. The molecule has 7 aromatic rings. The van der Waals surface area contributed by atoms with Crippen LogP contribution < -0.4 is 5.32 Å². The van der Waals surface area contributed by atoms with Crippen molar-refractivity contribution in [1.82, 2.24) is 0 Å². The number of hydrogen-bond donors (Lipinski definition) is 1. The molecule has 0 fully saturated rings. The van der Waals surface area contributed by atoms with Crippen LogP contribution in [0.25, 0.3) is 59.3 Å². The third-order valence-corrected chi connectivity index (χ3v) is 8.11. The molecule has 172 valence electrons. The predicted molar refractivity (Wildman–Crippen MR) is 157 cm³/mol. The molecule has 0 aliphatic rings. The Morgan fingerprint density at radius 2 is 1.53 bits per heavy atom. The zero-order chi connectivity index (χ0) is 24.2. The summed E-state index contributed by atoms with van der Waals surface area (Å²) in [6, 6.07) is 34.2. The minimum Gasteiger partial charge on any atom is -0.455 e. The lowest BCUT2D eigenvalue weighted by molar-refractivity contribution is 0.670. The van der Waals surface area contributed by atoms with Crippen LogP contribution in [0.1, 0.15) is 11.1 Å². The number of thiophene rings is 1. The number of benzene rings is 5. The summed E-state index contributed by atoms with van der Waals surface area (Å²) in [5.74, 6) is 0. The lowest BCUT2D eigenvalue weighted by atomic mass is 9.99. The van der Waals surface area contributed by atoms with Crippen LogP contribution in [0, 0.1) is 6.92 Å². The zero-order valence-corrected chi connectivity index (χ0v) is 20.7. The molecule has 0 aliphatic carbocycles. The summed E-state index contributed by atoms with van der Waals surface area (Å²) in [5.41, 5.74) is 8.44. The van der Waals surface area contributed by atoms with Crippen molar-refractivity contribution in [2.75, 3.05) is 5.32 Å². The fourth-order valence-electron chi connectivity index (χ4n) is 5.14. The Balaban J connectivity index is 1.32. The van der Waals surface area contributed by atoms with Crippen LogP contribution in [0.2, 0.25) is 0 Å². The highest BCUT2D eigenvalue weighted by molar-refractivity contribution is 7.25. The third-order valence-electron chi connectivity index (χ3n) is 6.98. The molecule has 0 atom stereocenters. The average Bonchev–Trinajstić information content (AvgIpc) is 3.47. The largest absolute Gasteiger partial charge is 0.455 e. The average molecular weight is 482 g/mol. The van der Waals surface area contributed by atoms with E-state index in [-0.39, 0.29) is 0 Å². The van der Waals surface area contributed by atoms with Crippen molar-refractivity contribution in [3.63, 3.8) is 0 Å². The van der Waals surface area contributed by atoms with Gasteiger partial charge in [-0.25, -0.2) is 0 Å². The standard InChI is InChI=1S/C33H23NOS/c1-3-21-18-22(23-11-8-12-26-24-9-4-6-13-30(24)35-33(23)26)15-16-28(21)34-29-19-27-25-10-5-7-14-31(25)36-32(27)17-20(29)2/h3-19,34H,1H2,2H3. The first-order chi connectivity index (χ1) is 17.7. The molecule has 0 saturated carbocycles. The van der Waals surface area contributed by atoms with Gasteiger partial charge in [-0.3, -0.25) is 0 Å². The van der Waals surface area contributed by atoms with Crippen molar-refractivity contribution in [2.24, 2.45) is 0 Å². The quantitative estimate of drug-likeness (QED) is 0.270. The Hall–Kier alpha value is -4.34. The number of aryl methyl sites for hydroxylation is 1. The van der Waals surface area contributed by atoms with Crippen LogP contribution in [0.3, 0.4) is 0 Å². The minimum absolute atomic E-state index is 0.911. The van der Waals surface area contributed by atoms with E-state index in [4.69, 9.17) is 4.42 Å². The van der Waals surface area contributed by atoms with E-state index in [0.717, 1.165) is 50.0 Å². The second kappa shape index (κ2) is 8.11. The highest BCUT2D eigenvalue weighted by Gasteiger charge is 2.14. The molecule has 5 aromatic carbocycles. The van der Waals surface area contributed by atoms with Crippen molar-refractivity contribution in [3.8, 4) is 11.1 Å². The number of hydrogen-bond acceptors (Lipinski definition) is 3. The highest BCUT2D eigenvalue weighted by atomic mass is 32.1. The summed E-state index contributed by atoms with van der Waals surface area (Å²) < 4.78 is 8.92. The maximum atomic E-state index is 6.28. The van der Waals surface area contributed by atoms with E-state index in [0.29, 0.717) is 0 Å². The van der Waals surface area contributed by atoms with Gasteiger partial charge >= 0.3 is 0 Å². The summed E-state index contributed by atoms with van der Waals surface area (Å²) in [4.78, 5) is 0. The second-order valence-corrected chi connectivity index (χ2v) is 10.3. The first-order valence-corrected chi connectivity index (χ1v) is 12.9. The Labute approximate surface area is 213 Å². The molecule has 0 saturated heterocycles. The molecule has 1 N–H and O–H groups in total. The van der Waals surface area contributed by atoms with Crippen LogP contribution in [-0.4, -0.2) is 0 Å². The smallest absolute Gasteiger partial charge is 0.143 e. The van der Waals surface area contributed by atoms with Crippen LogP contribution >= 0.6 is 11.3 Å². The number of nitrogens with one attached hydrogen (secondary N) is 1. The van der Waals surface area contributed by atoms with Gasteiger partial charge in [0.2, 0.25) is 0 Å². The molecule has 7 rings (SSSR count). The van der Waals surface area contributed by atoms with Crippen molar-refractivity contribution < 1.29 is 4.42 Å². The first-order valence-electron chi connectivity index (χ1n) is 12.1. The van der Waals surface area contributed by atoms with Crippen molar-refractivity contribution in [1.29, 1.82) is 0 Å². The zero-order valence-electron chi connectivity index (χ0n) is 19.8. The number of anilines is 2. The molecule has 2 nitrogen and oxygen atoms in total. The minimum atomic E-state index is 0.911. The van der Waals surface area contributed by atoms with Gasteiger partial charge < -0.3 is 9.73 Å². The predicted octanol–water partition coefficient (Wildman–Crippen LogP) is 10.3. The molecule has 0 spiro atoms. The molecule has 36 heavy (non-hydrogen) atoms. The Bertz CT molecular complexity index is 1960. The van der Waals surface area contributed by atoms with Crippen molar-refractivity contribution >= 4 is 70.9 Å². The van der Waals surface area contributed by atoms with E-state index in [1.165, 1.54) is 25.7 Å². The molecule has 0 aliphatic heterocycles. The summed E-state index contributed by atoms with van der Waals surface area (Å²) in [5, 5.41) is 8.56. The van der Waals surface area contributed by atoms with Gasteiger partial charge in [0.15, 0.2) is 0 Å². The van der Waals surface area contributed by atoms with Gasteiger partial charge in [-0.1, -0.05) is 73.3 Å². The van der Waals surface area contributed by atoms with E-state index in [2.05, 4.69) is 104 Å². The van der Waals surface area contributed by atoms with Gasteiger partial charge in [0.1, 0.15) is 11.2 Å². The lowest BCUT2D eigenvalue weighted by Crippen LogP contribution is -1.96. The van der Waals surface area contributed by atoms with Crippen molar-refractivity contribution in [3.05, 3.63) is 115 Å². The topological polar surface area (TPSA) is 25.2 Å². The summed E-state index contributed by atoms with van der Waals surface area (Å²) >= 11 is 1.85. The maximum absolute atomic E-state index is 6.28. The van der Waals surface area contributed by atoms with Gasteiger partial charge in [-0.05, 0) is 60.0 Å². The lowest BCUT2D eigenvalue weighted by Gasteiger charge is -2.14. The number of rotatable bonds is 4. The fourth-order valence-corrected chi connectivity index (χ4v) is 6.33. The molecule has 3 heteroatoms. The van der Waals surface area contributed by atoms with E-state index < -0.39 is 0 Å². The fraction of sp³-hybridized carbons (Fsp3) is 0.0303. The van der Waals surface area contributed by atoms with Gasteiger partial charge in [0.25, 0.3) is 0 Å². The molecule has 2 aromatic heterocycles. The van der Waals surface area contributed by atoms with Crippen molar-refractivity contribution in [2.45, 2.75) is 6.92 Å². The van der Waals surface area contributed by atoms with Crippen LogP contribution in [0.4, 0.5) is 11.4 Å². The Kier molecular flexibility index (Phi) is 4.73. The Morgan fingerprint density at radius 3 is 2.42 bits per heavy atom. The number of fused-ring (bicyclic) bond motifs is 6. The van der Waals surface area contributed by atoms with Crippen LogP contribution in [0.5, 0.6) is 0 Å². The van der Waals surface area contributed by atoms with Gasteiger partial charge in [-0.15, -0.1) is 11.3 Å². The molecular weight excluding hydrogens is 458 g/mol. The Morgan fingerprint density at radius 1 is 0.722 bits per heavy atom. The maximum Gasteiger partial charge on any atom is 0.143 e. The van der Waals surface area contributed by atoms with Crippen LogP contribution in [-0.2, 0) is 0 Å². The van der Waals surface area contributed by atoms with E-state index in [9.17, 15) is 0 Å². The van der Waals surface area contributed by atoms with E-state index >= 15 is 0 Å². The van der Waals surface area contributed by atoms with Gasteiger partial charge in [0.05, 0.1) is 0 Å². The molecule has 0 radical (unpaired) electrons. The van der Waals surface area contributed by atoms with E-state index in [1.807, 2.05) is 29.5 Å². The highest BCUT2D eigenvalue weighted by Crippen LogP contribution is 2.39. The van der Waals surface area contributed by atoms with Crippen LogP contribution in [0.15, 0.2) is 108 Å². The molecule has 2 heterocycles. The molecular formula is C33H23NOS. The SMILES string of the molecule is C=Cc1cc(-c2cccc3c2oc2ccccc23)ccc1Nc1cc2c(cc1C)sc1ccccc12. The van der Waals surface area contributed by atoms with E-state index in [1.54, 1.807) is 0 Å². The monoisotopic (exact) mass is 481 g/mol. The first kappa shape index (κ1) is 21.0. The normalized spacial score (nSPS) is 11.6. The summed E-state index contributed by atoms with van der Waals surface area (Å²) in [6.45, 7) is 6.27. The summed E-state index contributed by atoms with van der Waals surface area (Å²) in [7, 11) is 0. The summed E-state index contributed by atoms with van der Waals surface area (Å²) in [6.07, 6.45) is 1.92. The second-order valence-electron chi connectivity index (χ2n) is 9.17. The third kappa shape index (κ3) is 3.24. The van der Waals surface area contributed by atoms with Gasteiger partial charge in [-0.2, -0.15) is 0 Å². The number of para-hydroxylation sites is 2. The van der Waals surface area contributed by atoms with Gasteiger partial charge in [0, 0.05) is 47.9 Å².